The molecule has 5 nitrogen and oxygen atoms in total. The number of hydrazone groups is 1. The Kier molecular flexibility index (Phi) is 7.15. The number of carbonyl (C=O) groups is 1. The van der Waals surface area contributed by atoms with Crippen LogP contribution in [0.4, 0.5) is 5.69 Å². The summed E-state index contributed by atoms with van der Waals surface area (Å²) in [7, 11) is 0. The fourth-order valence-electron chi connectivity index (χ4n) is 2.74. The molecule has 3 rings (SSSR count). The van der Waals surface area contributed by atoms with E-state index in [1.807, 2.05) is 54.6 Å². The van der Waals surface area contributed by atoms with E-state index in [4.69, 9.17) is 17.0 Å². The summed E-state index contributed by atoms with van der Waals surface area (Å²) >= 11 is 5.20. The standard InChI is InChI=1S/C25H25N3O2S/c1-25(2,3)20-13-11-19(12-14-20)23(29)30-22-15-9-18(10-16-22)17-26-28-24(31)27-21-7-5-4-6-8-21/h4-17H,1-3H3,(H2,27,28,31)/b26-17-. The van der Waals surface area contributed by atoms with E-state index in [1.165, 1.54) is 5.56 Å². The molecule has 3 aromatic carbocycles. The van der Waals surface area contributed by atoms with Crippen LogP contribution in [0.5, 0.6) is 5.75 Å². The molecule has 2 N–H and O–H groups in total. The number of anilines is 1. The molecule has 3 aromatic rings. The highest BCUT2D eigenvalue weighted by Gasteiger charge is 2.15. The van der Waals surface area contributed by atoms with Gasteiger partial charge in [0.05, 0.1) is 11.8 Å². The third-order valence-electron chi connectivity index (χ3n) is 4.49. The summed E-state index contributed by atoms with van der Waals surface area (Å²) in [6.07, 6.45) is 1.63. The Morgan fingerprint density at radius 1 is 0.935 bits per heavy atom. The van der Waals surface area contributed by atoms with E-state index in [9.17, 15) is 4.79 Å². The summed E-state index contributed by atoms with van der Waals surface area (Å²) in [5.41, 5.74) is 6.21. The summed E-state index contributed by atoms with van der Waals surface area (Å²) in [5.74, 6) is 0.0807. The van der Waals surface area contributed by atoms with Gasteiger partial charge >= 0.3 is 5.97 Å². The molecule has 0 fully saturated rings. The van der Waals surface area contributed by atoms with Gasteiger partial charge in [0.15, 0.2) is 5.11 Å². The summed E-state index contributed by atoms with van der Waals surface area (Å²) in [4.78, 5) is 12.4. The smallest absolute Gasteiger partial charge is 0.343 e. The summed E-state index contributed by atoms with van der Waals surface area (Å²) in [6.45, 7) is 6.40. The molecule has 0 aromatic heterocycles. The molecule has 0 heterocycles. The van der Waals surface area contributed by atoms with E-state index in [0.29, 0.717) is 16.4 Å². The van der Waals surface area contributed by atoms with Crippen LogP contribution >= 0.6 is 12.2 Å². The number of esters is 1. The van der Waals surface area contributed by atoms with Crippen molar-refractivity contribution >= 4 is 35.2 Å². The van der Waals surface area contributed by atoms with Crippen molar-refractivity contribution in [2.24, 2.45) is 5.10 Å². The zero-order valence-electron chi connectivity index (χ0n) is 17.8. The molecule has 0 saturated heterocycles. The SMILES string of the molecule is CC(C)(C)c1ccc(C(=O)Oc2ccc(/C=N\NC(=S)Nc3ccccc3)cc2)cc1. The van der Waals surface area contributed by atoms with Gasteiger partial charge in [-0.3, -0.25) is 5.43 Å². The number of rotatable bonds is 5. The summed E-state index contributed by atoms with van der Waals surface area (Å²) < 4.78 is 5.46. The van der Waals surface area contributed by atoms with Crippen molar-refractivity contribution in [3.05, 3.63) is 95.6 Å². The maximum absolute atomic E-state index is 12.4. The van der Waals surface area contributed by atoms with E-state index in [1.54, 1.807) is 30.5 Å². The average molecular weight is 432 g/mol. The summed E-state index contributed by atoms with van der Waals surface area (Å²) in [6, 6.07) is 24.2. The van der Waals surface area contributed by atoms with Crippen molar-refractivity contribution in [2.45, 2.75) is 26.2 Å². The normalized spacial score (nSPS) is 11.2. The molecule has 0 radical (unpaired) electrons. The van der Waals surface area contributed by atoms with E-state index in [2.05, 4.69) is 36.6 Å². The van der Waals surface area contributed by atoms with Crippen LogP contribution in [-0.2, 0) is 5.41 Å². The highest BCUT2D eigenvalue weighted by Crippen LogP contribution is 2.22. The van der Waals surface area contributed by atoms with Gasteiger partial charge in [-0.2, -0.15) is 5.10 Å². The molecule has 0 unspecified atom stereocenters. The highest BCUT2D eigenvalue weighted by atomic mass is 32.1. The van der Waals surface area contributed by atoms with Gasteiger partial charge in [0.1, 0.15) is 5.75 Å². The third kappa shape index (κ3) is 6.76. The van der Waals surface area contributed by atoms with E-state index in [-0.39, 0.29) is 11.4 Å². The molecule has 0 amide bonds. The van der Waals surface area contributed by atoms with Crippen LogP contribution in [0.1, 0.15) is 42.3 Å². The largest absolute Gasteiger partial charge is 0.423 e. The van der Waals surface area contributed by atoms with Gasteiger partial charge < -0.3 is 10.1 Å². The van der Waals surface area contributed by atoms with Gasteiger partial charge in [-0.1, -0.05) is 51.1 Å². The van der Waals surface area contributed by atoms with Gasteiger partial charge in [0, 0.05) is 5.69 Å². The predicted molar refractivity (Wildman–Crippen MR) is 130 cm³/mol. The highest BCUT2D eigenvalue weighted by molar-refractivity contribution is 7.80. The first-order valence-corrected chi connectivity index (χ1v) is 10.3. The molecule has 31 heavy (non-hydrogen) atoms. The van der Waals surface area contributed by atoms with Crippen molar-refractivity contribution in [1.82, 2.24) is 5.43 Å². The first kappa shape index (κ1) is 22.2. The lowest BCUT2D eigenvalue weighted by Crippen LogP contribution is -2.23. The number of ether oxygens (including phenoxy) is 1. The number of carbonyl (C=O) groups excluding carboxylic acids is 1. The second kappa shape index (κ2) is 10.00. The Morgan fingerprint density at radius 2 is 1.58 bits per heavy atom. The monoisotopic (exact) mass is 431 g/mol. The van der Waals surface area contributed by atoms with Crippen molar-refractivity contribution in [2.75, 3.05) is 5.32 Å². The van der Waals surface area contributed by atoms with Gasteiger partial charge in [0.2, 0.25) is 0 Å². The molecular weight excluding hydrogens is 406 g/mol. The maximum Gasteiger partial charge on any atom is 0.343 e. The van der Waals surface area contributed by atoms with E-state index in [0.717, 1.165) is 11.3 Å². The van der Waals surface area contributed by atoms with Crippen LogP contribution in [0.3, 0.4) is 0 Å². The van der Waals surface area contributed by atoms with Crippen LogP contribution in [0.15, 0.2) is 84.0 Å². The van der Waals surface area contributed by atoms with Crippen molar-refractivity contribution < 1.29 is 9.53 Å². The van der Waals surface area contributed by atoms with Gasteiger partial charge in [-0.15, -0.1) is 0 Å². The minimum Gasteiger partial charge on any atom is -0.423 e. The number of hydrogen-bond acceptors (Lipinski definition) is 4. The van der Waals surface area contributed by atoms with E-state index >= 15 is 0 Å². The van der Waals surface area contributed by atoms with Crippen LogP contribution in [0.25, 0.3) is 0 Å². The molecule has 0 spiro atoms. The molecule has 158 valence electrons. The van der Waals surface area contributed by atoms with Gasteiger partial charge in [-0.25, -0.2) is 4.79 Å². The van der Waals surface area contributed by atoms with Gasteiger partial charge in [0.25, 0.3) is 0 Å². The zero-order chi connectivity index (χ0) is 22.3. The van der Waals surface area contributed by atoms with Crippen molar-refractivity contribution in [3.63, 3.8) is 0 Å². The number of nitrogens with zero attached hydrogens (tertiary/aromatic N) is 1. The second-order valence-corrected chi connectivity index (χ2v) is 8.38. The minimum absolute atomic E-state index is 0.0377. The first-order chi connectivity index (χ1) is 14.8. The quantitative estimate of drug-likeness (QED) is 0.183. The topological polar surface area (TPSA) is 62.7 Å². The number of nitrogens with one attached hydrogen (secondary N) is 2. The lowest BCUT2D eigenvalue weighted by molar-refractivity contribution is 0.0734. The lowest BCUT2D eigenvalue weighted by Gasteiger charge is -2.18. The molecule has 6 heteroatoms. The first-order valence-electron chi connectivity index (χ1n) is 9.89. The molecular formula is C25H25N3O2S. The Hall–Kier alpha value is -3.51. The second-order valence-electron chi connectivity index (χ2n) is 7.98. The Balaban J connectivity index is 1.52. The number of para-hydroxylation sites is 1. The van der Waals surface area contributed by atoms with E-state index < -0.39 is 0 Å². The minimum atomic E-state index is -0.388. The van der Waals surface area contributed by atoms with Crippen LogP contribution < -0.4 is 15.5 Å². The predicted octanol–water partition coefficient (Wildman–Crippen LogP) is 5.52. The molecule has 0 aliphatic carbocycles. The summed E-state index contributed by atoms with van der Waals surface area (Å²) in [5, 5.41) is 7.55. The van der Waals surface area contributed by atoms with Gasteiger partial charge in [-0.05, 0) is 77.3 Å². The molecule has 0 atom stereocenters. The van der Waals surface area contributed by atoms with Crippen molar-refractivity contribution in [3.8, 4) is 5.75 Å². The number of thiocarbonyl (C=S) groups is 1. The Morgan fingerprint density at radius 3 is 2.19 bits per heavy atom. The Bertz CT molecular complexity index is 1050. The average Bonchev–Trinajstić information content (AvgIpc) is 2.75. The third-order valence-corrected chi connectivity index (χ3v) is 4.68. The van der Waals surface area contributed by atoms with Crippen molar-refractivity contribution in [1.29, 1.82) is 0 Å². The number of benzene rings is 3. The molecule has 0 aliphatic rings. The fourth-order valence-corrected chi connectivity index (χ4v) is 2.91. The van der Waals surface area contributed by atoms with Crippen LogP contribution in [0.2, 0.25) is 0 Å². The molecule has 0 aliphatic heterocycles. The Labute approximate surface area is 188 Å². The molecule has 0 saturated carbocycles. The maximum atomic E-state index is 12.4. The fraction of sp³-hybridized carbons (Fsp3) is 0.160. The van der Waals surface area contributed by atoms with Crippen LogP contribution in [0, 0.1) is 0 Å². The zero-order valence-corrected chi connectivity index (χ0v) is 18.6. The van der Waals surface area contributed by atoms with Crippen LogP contribution in [-0.4, -0.2) is 17.3 Å². The lowest BCUT2D eigenvalue weighted by atomic mass is 9.87. The number of hydrogen-bond donors (Lipinski definition) is 2. The molecule has 0 bridgehead atoms.